The van der Waals surface area contributed by atoms with Crippen molar-refractivity contribution in [1.82, 2.24) is 9.97 Å². The molecule has 118 valence electrons. The number of ether oxygens (including phenoxy) is 2. The molecule has 1 fully saturated rings. The van der Waals surface area contributed by atoms with Crippen molar-refractivity contribution in [3.63, 3.8) is 0 Å². The molecule has 1 aromatic rings. The third-order valence-electron chi connectivity index (χ3n) is 3.49. The molecular formula is C14H24N4O3. The van der Waals surface area contributed by atoms with Crippen molar-refractivity contribution >= 4 is 11.5 Å². The van der Waals surface area contributed by atoms with Crippen molar-refractivity contribution in [3.05, 3.63) is 6.33 Å². The number of hydrogen-bond acceptors (Lipinski definition) is 7. The van der Waals surface area contributed by atoms with Crippen molar-refractivity contribution in [2.75, 3.05) is 37.4 Å². The van der Waals surface area contributed by atoms with E-state index in [1.807, 2.05) is 25.8 Å². The van der Waals surface area contributed by atoms with Crippen LogP contribution in [0.4, 0.5) is 11.5 Å². The molecule has 0 amide bonds. The summed E-state index contributed by atoms with van der Waals surface area (Å²) in [6.45, 7) is 5.42. The fourth-order valence-electron chi connectivity index (χ4n) is 2.42. The topological polar surface area (TPSA) is 93.7 Å². The maximum Gasteiger partial charge on any atom is 0.242 e. The Morgan fingerprint density at radius 3 is 2.71 bits per heavy atom. The van der Waals surface area contributed by atoms with Crippen LogP contribution in [0.5, 0.6) is 5.88 Å². The van der Waals surface area contributed by atoms with Crippen molar-refractivity contribution < 1.29 is 14.6 Å². The number of nitrogens with zero attached hydrogens (tertiary/aromatic N) is 3. The van der Waals surface area contributed by atoms with E-state index in [0.29, 0.717) is 50.0 Å². The third kappa shape index (κ3) is 3.95. The monoisotopic (exact) mass is 296 g/mol. The first-order chi connectivity index (χ1) is 9.91. The zero-order valence-electron chi connectivity index (χ0n) is 12.9. The van der Waals surface area contributed by atoms with Gasteiger partial charge in [-0.15, -0.1) is 0 Å². The molecule has 1 aliphatic rings. The van der Waals surface area contributed by atoms with E-state index in [2.05, 4.69) is 9.97 Å². The number of aliphatic hydroxyl groups is 1. The zero-order chi connectivity index (χ0) is 15.5. The lowest BCUT2D eigenvalue weighted by Crippen LogP contribution is -2.46. The molecule has 0 spiro atoms. The van der Waals surface area contributed by atoms with Gasteiger partial charge in [0.15, 0.2) is 5.82 Å². The van der Waals surface area contributed by atoms with Crippen molar-refractivity contribution in [2.45, 2.75) is 38.4 Å². The first kappa shape index (κ1) is 15.8. The Morgan fingerprint density at radius 1 is 1.43 bits per heavy atom. The van der Waals surface area contributed by atoms with E-state index in [1.165, 1.54) is 6.33 Å². The fraction of sp³-hybridized carbons (Fsp3) is 0.714. The normalized spacial score (nSPS) is 17.8. The lowest BCUT2D eigenvalue weighted by Gasteiger charge is -2.36. The Kier molecular flexibility index (Phi) is 4.84. The van der Waals surface area contributed by atoms with Crippen LogP contribution in [0.2, 0.25) is 0 Å². The Labute approximate surface area is 125 Å². The SMILES string of the molecule is CC(C)Oc1ncnc(N(C)CC2(O)CCOCC2)c1N. The predicted octanol–water partition coefficient (Wildman–Crippen LogP) is 0.824. The highest BCUT2D eigenvalue weighted by molar-refractivity contribution is 5.67. The van der Waals surface area contributed by atoms with Gasteiger partial charge < -0.3 is 25.2 Å². The molecule has 0 atom stereocenters. The van der Waals surface area contributed by atoms with E-state index >= 15 is 0 Å². The van der Waals surface area contributed by atoms with Crippen LogP contribution in [-0.2, 0) is 4.74 Å². The van der Waals surface area contributed by atoms with Gasteiger partial charge in [-0.25, -0.2) is 4.98 Å². The quantitative estimate of drug-likeness (QED) is 0.831. The number of likely N-dealkylation sites (N-methyl/N-ethyl adjacent to an activating group) is 1. The van der Waals surface area contributed by atoms with Gasteiger partial charge in [-0.1, -0.05) is 0 Å². The Morgan fingerprint density at radius 2 is 2.10 bits per heavy atom. The molecule has 0 aliphatic carbocycles. The van der Waals surface area contributed by atoms with E-state index in [4.69, 9.17) is 15.2 Å². The minimum atomic E-state index is -0.774. The molecule has 0 unspecified atom stereocenters. The summed E-state index contributed by atoms with van der Waals surface area (Å²) >= 11 is 0. The van der Waals surface area contributed by atoms with Gasteiger partial charge in [0.1, 0.15) is 12.0 Å². The van der Waals surface area contributed by atoms with Crippen molar-refractivity contribution in [2.24, 2.45) is 0 Å². The zero-order valence-corrected chi connectivity index (χ0v) is 12.9. The molecule has 0 aromatic carbocycles. The van der Waals surface area contributed by atoms with Gasteiger partial charge in [-0.05, 0) is 13.8 Å². The maximum atomic E-state index is 10.6. The summed E-state index contributed by atoms with van der Waals surface area (Å²) in [6.07, 6.45) is 2.63. The summed E-state index contributed by atoms with van der Waals surface area (Å²) in [5.74, 6) is 0.946. The van der Waals surface area contributed by atoms with E-state index in [1.54, 1.807) is 0 Å². The molecule has 0 radical (unpaired) electrons. The van der Waals surface area contributed by atoms with E-state index in [9.17, 15) is 5.11 Å². The first-order valence-corrected chi connectivity index (χ1v) is 7.20. The standard InChI is InChI=1S/C14H24N4O3/c1-10(2)21-13-11(15)12(16-9-17-13)18(3)8-14(19)4-6-20-7-5-14/h9-10,19H,4-8,15H2,1-3H3. The van der Waals surface area contributed by atoms with Crippen LogP contribution in [-0.4, -0.2) is 53.6 Å². The Hall–Kier alpha value is -1.60. The molecule has 1 aromatic heterocycles. The molecule has 2 heterocycles. The highest BCUT2D eigenvalue weighted by Gasteiger charge is 2.32. The fourth-order valence-corrected chi connectivity index (χ4v) is 2.42. The van der Waals surface area contributed by atoms with Crippen molar-refractivity contribution in [1.29, 1.82) is 0 Å². The van der Waals surface area contributed by atoms with Gasteiger partial charge in [-0.2, -0.15) is 4.98 Å². The average molecular weight is 296 g/mol. The number of nitrogen functional groups attached to an aromatic ring is 1. The number of nitrogens with two attached hydrogens (primary N) is 1. The van der Waals surface area contributed by atoms with Crippen LogP contribution >= 0.6 is 0 Å². The van der Waals surface area contributed by atoms with Crippen LogP contribution in [0.15, 0.2) is 6.33 Å². The smallest absolute Gasteiger partial charge is 0.242 e. The highest BCUT2D eigenvalue weighted by Crippen LogP contribution is 2.30. The summed E-state index contributed by atoms with van der Waals surface area (Å²) in [6, 6.07) is 0. The molecule has 2 rings (SSSR count). The number of anilines is 2. The summed E-state index contributed by atoms with van der Waals surface area (Å²) < 4.78 is 10.9. The van der Waals surface area contributed by atoms with E-state index in [0.717, 1.165) is 0 Å². The predicted molar refractivity (Wildman–Crippen MR) is 80.5 cm³/mol. The van der Waals surface area contributed by atoms with Crippen LogP contribution in [0, 0.1) is 0 Å². The van der Waals surface area contributed by atoms with Gasteiger partial charge in [0, 0.05) is 39.6 Å². The van der Waals surface area contributed by atoms with Crippen LogP contribution in [0.25, 0.3) is 0 Å². The van der Waals surface area contributed by atoms with Gasteiger partial charge >= 0.3 is 0 Å². The average Bonchev–Trinajstić information content (AvgIpc) is 2.41. The van der Waals surface area contributed by atoms with Gasteiger partial charge in [0.05, 0.1) is 11.7 Å². The lowest BCUT2D eigenvalue weighted by atomic mass is 9.94. The van der Waals surface area contributed by atoms with E-state index in [-0.39, 0.29) is 6.10 Å². The summed E-state index contributed by atoms with van der Waals surface area (Å²) in [5, 5.41) is 10.6. The molecular weight excluding hydrogens is 272 g/mol. The molecule has 7 heteroatoms. The largest absolute Gasteiger partial charge is 0.473 e. The van der Waals surface area contributed by atoms with Crippen LogP contribution in [0.3, 0.4) is 0 Å². The summed E-state index contributed by atoms with van der Waals surface area (Å²) in [7, 11) is 1.85. The summed E-state index contributed by atoms with van der Waals surface area (Å²) in [4.78, 5) is 10.1. The van der Waals surface area contributed by atoms with Crippen LogP contribution < -0.4 is 15.4 Å². The molecule has 1 saturated heterocycles. The lowest BCUT2D eigenvalue weighted by molar-refractivity contribution is -0.0573. The second-order valence-corrected chi connectivity index (χ2v) is 5.78. The molecule has 21 heavy (non-hydrogen) atoms. The Balaban J connectivity index is 2.13. The second kappa shape index (κ2) is 6.44. The molecule has 3 N–H and O–H groups in total. The Bertz CT molecular complexity index is 475. The minimum absolute atomic E-state index is 0.0139. The number of hydrogen-bond donors (Lipinski definition) is 2. The highest BCUT2D eigenvalue weighted by atomic mass is 16.5. The van der Waals surface area contributed by atoms with Gasteiger partial charge in [0.2, 0.25) is 5.88 Å². The maximum absolute atomic E-state index is 10.6. The molecule has 0 saturated carbocycles. The number of rotatable bonds is 5. The van der Waals surface area contributed by atoms with Crippen LogP contribution in [0.1, 0.15) is 26.7 Å². The molecule has 1 aliphatic heterocycles. The summed E-state index contributed by atoms with van der Waals surface area (Å²) in [5.41, 5.74) is 5.70. The molecule has 7 nitrogen and oxygen atoms in total. The minimum Gasteiger partial charge on any atom is -0.473 e. The molecule has 0 bridgehead atoms. The second-order valence-electron chi connectivity index (χ2n) is 5.78. The van der Waals surface area contributed by atoms with E-state index < -0.39 is 5.60 Å². The first-order valence-electron chi connectivity index (χ1n) is 7.20. The number of aromatic nitrogens is 2. The van der Waals surface area contributed by atoms with Gasteiger partial charge in [-0.3, -0.25) is 0 Å². The van der Waals surface area contributed by atoms with Crippen molar-refractivity contribution in [3.8, 4) is 5.88 Å². The van der Waals surface area contributed by atoms with Gasteiger partial charge in [0.25, 0.3) is 0 Å². The third-order valence-corrected chi connectivity index (χ3v) is 3.49.